The van der Waals surface area contributed by atoms with Crippen LogP contribution in [0.1, 0.15) is 38.7 Å². The minimum Gasteiger partial charge on any atom is -0.468 e. The summed E-state index contributed by atoms with van der Waals surface area (Å²) in [5.41, 5.74) is 2.76. The number of rotatable bonds is 7. The number of hydrogen-bond donors (Lipinski definition) is 1. The number of nitrogens with one attached hydrogen (secondary N) is 1. The van der Waals surface area contributed by atoms with Gasteiger partial charge in [-0.05, 0) is 43.9 Å². The van der Waals surface area contributed by atoms with Gasteiger partial charge in [0.15, 0.2) is 5.78 Å². The van der Waals surface area contributed by atoms with Gasteiger partial charge in [-0.1, -0.05) is 30.7 Å². The van der Waals surface area contributed by atoms with Crippen LogP contribution in [0.3, 0.4) is 0 Å². The van der Waals surface area contributed by atoms with Gasteiger partial charge in [0, 0.05) is 34.5 Å². The molecule has 3 rings (SSSR count). The van der Waals surface area contributed by atoms with Crippen molar-refractivity contribution in [2.75, 3.05) is 26.9 Å². The van der Waals surface area contributed by atoms with E-state index in [2.05, 4.69) is 5.32 Å². The third kappa shape index (κ3) is 4.74. The predicted molar refractivity (Wildman–Crippen MR) is 119 cm³/mol. The molecule has 1 aromatic rings. The number of ketones is 1. The van der Waals surface area contributed by atoms with Crippen LogP contribution in [0.4, 0.5) is 0 Å². The Morgan fingerprint density at radius 2 is 1.88 bits per heavy atom. The van der Waals surface area contributed by atoms with Gasteiger partial charge >= 0.3 is 11.9 Å². The molecule has 0 unspecified atom stereocenters. The largest absolute Gasteiger partial charge is 0.468 e. The minimum absolute atomic E-state index is 0.0957. The molecule has 1 heterocycles. The van der Waals surface area contributed by atoms with E-state index >= 15 is 0 Å². The van der Waals surface area contributed by atoms with E-state index in [1.54, 1.807) is 31.2 Å². The summed E-state index contributed by atoms with van der Waals surface area (Å²) in [5.74, 6) is -3.30. The highest BCUT2D eigenvalue weighted by atomic mass is 35.5. The van der Waals surface area contributed by atoms with E-state index in [9.17, 15) is 14.4 Å². The molecule has 8 heteroatoms. The molecule has 3 atom stereocenters. The maximum atomic E-state index is 13.6. The second-order valence-electron chi connectivity index (χ2n) is 7.92. The molecular formula is C24H28ClNO6. The van der Waals surface area contributed by atoms with Gasteiger partial charge in [0.2, 0.25) is 0 Å². The molecule has 0 aromatic heterocycles. The Hall–Kier alpha value is -2.64. The van der Waals surface area contributed by atoms with Crippen molar-refractivity contribution in [2.24, 2.45) is 11.8 Å². The van der Waals surface area contributed by atoms with Crippen molar-refractivity contribution in [3.63, 3.8) is 0 Å². The topological polar surface area (TPSA) is 90.9 Å². The molecule has 0 saturated carbocycles. The first-order chi connectivity index (χ1) is 15.3. The van der Waals surface area contributed by atoms with E-state index < -0.39 is 23.8 Å². The number of benzene rings is 1. The molecule has 0 radical (unpaired) electrons. The molecule has 2 aliphatic rings. The molecule has 172 valence electrons. The second kappa shape index (κ2) is 10.3. The smallest absolute Gasteiger partial charge is 0.336 e. The highest BCUT2D eigenvalue weighted by Gasteiger charge is 2.47. The summed E-state index contributed by atoms with van der Waals surface area (Å²) in [4.78, 5) is 39.1. The summed E-state index contributed by atoms with van der Waals surface area (Å²) in [6.07, 6.45) is 0.481. The molecule has 1 aliphatic heterocycles. The summed E-state index contributed by atoms with van der Waals surface area (Å²) in [6, 6.07) is 6.98. The van der Waals surface area contributed by atoms with E-state index in [4.69, 9.17) is 25.8 Å². The molecule has 1 aromatic carbocycles. The average Bonchev–Trinajstić information content (AvgIpc) is 2.76. The third-order valence-corrected chi connectivity index (χ3v) is 6.08. The van der Waals surface area contributed by atoms with Gasteiger partial charge in [0.05, 0.1) is 19.3 Å². The Kier molecular flexibility index (Phi) is 7.74. The Bertz CT molecular complexity index is 965. The van der Waals surface area contributed by atoms with Crippen molar-refractivity contribution >= 4 is 29.3 Å². The molecule has 32 heavy (non-hydrogen) atoms. The fourth-order valence-corrected chi connectivity index (χ4v) is 4.48. The van der Waals surface area contributed by atoms with Crippen LogP contribution in [0.15, 0.2) is 46.8 Å². The van der Waals surface area contributed by atoms with Crippen LogP contribution >= 0.6 is 11.6 Å². The predicted octanol–water partition coefficient (Wildman–Crippen LogP) is 3.53. The van der Waals surface area contributed by atoms with Crippen molar-refractivity contribution in [1.29, 1.82) is 0 Å². The van der Waals surface area contributed by atoms with Gasteiger partial charge in [0.25, 0.3) is 0 Å². The van der Waals surface area contributed by atoms with Crippen LogP contribution < -0.4 is 5.32 Å². The van der Waals surface area contributed by atoms with Crippen LogP contribution in [0.2, 0.25) is 5.02 Å². The lowest BCUT2D eigenvalue weighted by atomic mass is 9.69. The number of allylic oxidation sites excluding steroid dienone is 3. The van der Waals surface area contributed by atoms with E-state index in [0.29, 0.717) is 46.2 Å². The van der Waals surface area contributed by atoms with Crippen molar-refractivity contribution in [2.45, 2.75) is 33.1 Å². The monoisotopic (exact) mass is 461 g/mol. The second-order valence-corrected chi connectivity index (χ2v) is 8.36. The van der Waals surface area contributed by atoms with Gasteiger partial charge in [-0.15, -0.1) is 0 Å². The maximum absolute atomic E-state index is 13.6. The van der Waals surface area contributed by atoms with Crippen LogP contribution in [0.5, 0.6) is 0 Å². The van der Waals surface area contributed by atoms with Crippen LogP contribution in [0.25, 0.3) is 0 Å². The maximum Gasteiger partial charge on any atom is 0.336 e. The SMILES string of the molecule is CCOCCOC(=O)C1=C(C)NC2=C(C(=O)[C@H](C(=O)OC)[C@H](C)C2)[C@H]1c1ccc(Cl)cc1. The van der Waals surface area contributed by atoms with Crippen LogP contribution in [-0.2, 0) is 28.6 Å². The van der Waals surface area contributed by atoms with Crippen molar-refractivity contribution in [1.82, 2.24) is 5.32 Å². The molecule has 1 aliphatic carbocycles. The quantitative estimate of drug-likeness (QED) is 0.377. The number of dihydropyridines is 1. The Morgan fingerprint density at radius 3 is 2.50 bits per heavy atom. The fraction of sp³-hybridized carbons (Fsp3) is 0.458. The summed E-state index contributed by atoms with van der Waals surface area (Å²) < 4.78 is 15.6. The van der Waals surface area contributed by atoms with Gasteiger partial charge in [-0.3, -0.25) is 9.59 Å². The summed E-state index contributed by atoms with van der Waals surface area (Å²) in [7, 11) is 1.27. The molecular weight excluding hydrogens is 434 g/mol. The lowest BCUT2D eigenvalue weighted by Crippen LogP contribution is -2.43. The molecule has 1 N–H and O–H groups in total. The first-order valence-corrected chi connectivity index (χ1v) is 11.0. The summed E-state index contributed by atoms with van der Waals surface area (Å²) >= 11 is 6.08. The normalized spacial score (nSPS) is 22.9. The highest BCUT2D eigenvalue weighted by Crippen LogP contribution is 2.45. The van der Waals surface area contributed by atoms with Crippen LogP contribution in [0, 0.1) is 11.8 Å². The Balaban J connectivity index is 2.06. The van der Waals surface area contributed by atoms with Gasteiger partial charge in [0.1, 0.15) is 12.5 Å². The number of esters is 2. The Labute approximate surface area is 192 Å². The van der Waals surface area contributed by atoms with Crippen LogP contribution in [-0.4, -0.2) is 44.7 Å². The molecule has 7 nitrogen and oxygen atoms in total. The average molecular weight is 462 g/mol. The van der Waals surface area contributed by atoms with E-state index in [-0.39, 0.29) is 24.9 Å². The van der Waals surface area contributed by atoms with Gasteiger partial charge in [-0.2, -0.15) is 0 Å². The molecule has 0 spiro atoms. The lowest BCUT2D eigenvalue weighted by molar-refractivity contribution is -0.151. The Morgan fingerprint density at radius 1 is 1.19 bits per heavy atom. The van der Waals surface area contributed by atoms with Gasteiger partial charge < -0.3 is 19.5 Å². The van der Waals surface area contributed by atoms with Crippen molar-refractivity contribution < 1.29 is 28.6 Å². The zero-order valence-electron chi connectivity index (χ0n) is 18.7. The minimum atomic E-state index is -0.927. The zero-order chi connectivity index (χ0) is 23.4. The molecule has 0 amide bonds. The fourth-order valence-electron chi connectivity index (χ4n) is 4.36. The molecule has 0 bridgehead atoms. The summed E-state index contributed by atoms with van der Waals surface area (Å²) in [6.45, 7) is 6.39. The highest BCUT2D eigenvalue weighted by molar-refractivity contribution is 6.30. The third-order valence-electron chi connectivity index (χ3n) is 5.83. The van der Waals surface area contributed by atoms with Gasteiger partial charge in [-0.25, -0.2) is 4.79 Å². The van der Waals surface area contributed by atoms with Crippen molar-refractivity contribution in [3.8, 4) is 0 Å². The van der Waals surface area contributed by atoms with E-state index in [1.165, 1.54) is 7.11 Å². The first-order valence-electron chi connectivity index (χ1n) is 10.6. The number of Topliss-reactive ketones (excluding diaryl/α,β-unsaturated/α-hetero) is 1. The summed E-state index contributed by atoms with van der Waals surface area (Å²) in [5, 5.41) is 3.76. The first kappa shape index (κ1) is 24.0. The van der Waals surface area contributed by atoms with E-state index in [1.807, 2.05) is 13.8 Å². The molecule has 0 saturated heterocycles. The number of halogens is 1. The van der Waals surface area contributed by atoms with Crippen molar-refractivity contribution in [3.05, 3.63) is 57.4 Å². The zero-order valence-corrected chi connectivity index (χ0v) is 19.5. The van der Waals surface area contributed by atoms with E-state index in [0.717, 1.165) is 0 Å². The number of carbonyl (C=O) groups is 3. The number of carbonyl (C=O) groups excluding carboxylic acids is 3. The number of ether oxygens (including phenoxy) is 3. The standard InChI is InChI=1S/C24H28ClNO6/c1-5-31-10-11-32-24(29)19-14(3)26-17-12-13(2)18(23(28)30-4)22(27)21(17)20(19)15-6-8-16(25)9-7-15/h6-9,13,18,20,26H,5,10-12H2,1-4H3/t13-,18-,20+/m1/s1. The lowest BCUT2D eigenvalue weighted by Gasteiger charge is -2.38. The number of methoxy groups -OCH3 is 1. The molecule has 0 fully saturated rings. The number of hydrogen-bond acceptors (Lipinski definition) is 7.